The predicted molar refractivity (Wildman–Crippen MR) is 78.6 cm³/mol. The first-order valence-electron chi connectivity index (χ1n) is 6.15. The Hall–Kier alpha value is -1.20. The van der Waals surface area contributed by atoms with Crippen LogP contribution in [0.3, 0.4) is 0 Å². The fourth-order valence-electron chi connectivity index (χ4n) is 1.58. The van der Waals surface area contributed by atoms with Crippen molar-refractivity contribution >= 4 is 15.9 Å². The molecule has 2 N–H and O–H groups in total. The number of hydrogen-bond donors (Lipinski definition) is 1. The molecule has 0 aliphatic heterocycles. The number of halogens is 1. The van der Waals surface area contributed by atoms with E-state index in [-0.39, 0.29) is 11.5 Å². The summed E-state index contributed by atoms with van der Waals surface area (Å²) in [5.74, 6) is 1.04. The topological polar surface area (TPSA) is 64.9 Å². The molecule has 2 rings (SSSR count). The molecule has 0 unspecified atom stereocenters. The largest absolute Gasteiger partial charge is 0.337 e. The van der Waals surface area contributed by atoms with Gasteiger partial charge in [0.2, 0.25) is 11.7 Å². The van der Waals surface area contributed by atoms with Crippen LogP contribution in [0.1, 0.15) is 38.3 Å². The van der Waals surface area contributed by atoms with Gasteiger partial charge in [-0.1, -0.05) is 54.0 Å². The van der Waals surface area contributed by atoms with Crippen LogP contribution in [0.5, 0.6) is 0 Å². The molecule has 5 heteroatoms. The third-order valence-corrected chi connectivity index (χ3v) is 3.93. The molecule has 1 aromatic carbocycles. The van der Waals surface area contributed by atoms with Gasteiger partial charge in [0.1, 0.15) is 0 Å². The highest BCUT2D eigenvalue weighted by Crippen LogP contribution is 2.31. The lowest BCUT2D eigenvalue weighted by molar-refractivity contribution is 0.253. The van der Waals surface area contributed by atoms with E-state index in [0.717, 1.165) is 10.0 Å². The van der Waals surface area contributed by atoms with Gasteiger partial charge in [-0.05, 0) is 24.0 Å². The van der Waals surface area contributed by atoms with Gasteiger partial charge >= 0.3 is 0 Å². The Bertz CT molecular complexity index is 587. The molecule has 0 aliphatic rings. The van der Waals surface area contributed by atoms with E-state index >= 15 is 0 Å². The van der Waals surface area contributed by atoms with Crippen molar-refractivity contribution in [1.82, 2.24) is 10.1 Å². The number of nitrogens with two attached hydrogens (primary N) is 1. The Labute approximate surface area is 121 Å². The van der Waals surface area contributed by atoms with E-state index in [1.165, 1.54) is 5.56 Å². The van der Waals surface area contributed by atoms with Gasteiger partial charge in [0.05, 0.1) is 6.04 Å². The van der Waals surface area contributed by atoms with E-state index in [1.807, 2.05) is 45.9 Å². The highest BCUT2D eigenvalue weighted by atomic mass is 79.9. The SMILES string of the molecule is Cc1ccc(-c2noc([C@H](N)C(C)(C)C)n2)cc1Br. The average Bonchev–Trinajstić information content (AvgIpc) is 2.79. The Morgan fingerprint density at radius 1 is 1.32 bits per heavy atom. The first-order valence-corrected chi connectivity index (χ1v) is 6.94. The molecular weight excluding hydrogens is 306 g/mol. The van der Waals surface area contributed by atoms with Crippen molar-refractivity contribution in [3.05, 3.63) is 34.1 Å². The second-order valence-corrected chi connectivity index (χ2v) is 6.62. The van der Waals surface area contributed by atoms with E-state index in [4.69, 9.17) is 10.3 Å². The van der Waals surface area contributed by atoms with Crippen LogP contribution in [0.4, 0.5) is 0 Å². The maximum Gasteiger partial charge on any atom is 0.244 e. The molecule has 102 valence electrons. The zero-order chi connectivity index (χ0) is 14.2. The molecule has 0 aliphatic carbocycles. The summed E-state index contributed by atoms with van der Waals surface area (Å²) in [5, 5.41) is 4.00. The number of benzene rings is 1. The molecule has 0 saturated heterocycles. The molecule has 1 heterocycles. The summed E-state index contributed by atoms with van der Waals surface area (Å²) in [6.07, 6.45) is 0. The minimum absolute atomic E-state index is 0.113. The molecule has 1 aromatic heterocycles. The zero-order valence-electron chi connectivity index (χ0n) is 11.6. The van der Waals surface area contributed by atoms with Crippen LogP contribution in [0.15, 0.2) is 27.2 Å². The van der Waals surface area contributed by atoms with Gasteiger partial charge in [-0.2, -0.15) is 4.98 Å². The van der Waals surface area contributed by atoms with E-state index < -0.39 is 0 Å². The van der Waals surface area contributed by atoms with Gasteiger partial charge in [-0.25, -0.2) is 0 Å². The summed E-state index contributed by atoms with van der Waals surface area (Å²) in [4.78, 5) is 4.39. The van der Waals surface area contributed by atoms with Crippen molar-refractivity contribution in [3.8, 4) is 11.4 Å². The highest BCUT2D eigenvalue weighted by molar-refractivity contribution is 9.10. The minimum Gasteiger partial charge on any atom is -0.337 e. The standard InChI is InChI=1S/C14H18BrN3O/c1-8-5-6-9(7-10(8)15)12-17-13(19-18-12)11(16)14(2,3)4/h5-7,11H,16H2,1-4H3/t11-/m0/s1. The number of aryl methyl sites for hydroxylation is 1. The van der Waals surface area contributed by atoms with Crippen molar-refractivity contribution in [3.63, 3.8) is 0 Å². The summed E-state index contributed by atoms with van der Waals surface area (Å²) in [5.41, 5.74) is 8.07. The Balaban J connectivity index is 2.33. The highest BCUT2D eigenvalue weighted by Gasteiger charge is 2.27. The van der Waals surface area contributed by atoms with Gasteiger partial charge in [0.25, 0.3) is 0 Å². The Morgan fingerprint density at radius 2 is 2.00 bits per heavy atom. The van der Waals surface area contributed by atoms with Crippen molar-refractivity contribution in [2.75, 3.05) is 0 Å². The Morgan fingerprint density at radius 3 is 2.58 bits per heavy atom. The number of rotatable bonds is 2. The lowest BCUT2D eigenvalue weighted by Crippen LogP contribution is -2.26. The summed E-state index contributed by atoms with van der Waals surface area (Å²) >= 11 is 3.50. The quantitative estimate of drug-likeness (QED) is 0.911. The van der Waals surface area contributed by atoms with Crippen molar-refractivity contribution in [2.24, 2.45) is 11.1 Å². The molecule has 0 fully saturated rings. The summed E-state index contributed by atoms with van der Waals surface area (Å²) < 4.78 is 6.30. The van der Waals surface area contributed by atoms with Gasteiger partial charge in [0.15, 0.2) is 0 Å². The fraction of sp³-hybridized carbons (Fsp3) is 0.429. The number of hydrogen-bond acceptors (Lipinski definition) is 4. The van der Waals surface area contributed by atoms with Crippen LogP contribution < -0.4 is 5.73 Å². The van der Waals surface area contributed by atoms with E-state index in [2.05, 4.69) is 26.1 Å². The third kappa shape index (κ3) is 3.04. The minimum atomic E-state index is -0.275. The van der Waals surface area contributed by atoms with Crippen LogP contribution in [0.25, 0.3) is 11.4 Å². The molecule has 0 spiro atoms. The van der Waals surface area contributed by atoms with Crippen LogP contribution >= 0.6 is 15.9 Å². The molecule has 4 nitrogen and oxygen atoms in total. The molecule has 2 aromatic rings. The van der Waals surface area contributed by atoms with Crippen molar-refractivity contribution < 1.29 is 4.52 Å². The smallest absolute Gasteiger partial charge is 0.244 e. The second-order valence-electron chi connectivity index (χ2n) is 5.76. The maximum atomic E-state index is 6.11. The fourth-order valence-corrected chi connectivity index (χ4v) is 1.96. The van der Waals surface area contributed by atoms with Crippen LogP contribution in [-0.2, 0) is 0 Å². The summed E-state index contributed by atoms with van der Waals surface area (Å²) in [6.45, 7) is 8.17. The van der Waals surface area contributed by atoms with Gasteiger partial charge < -0.3 is 10.3 Å². The molecule has 0 amide bonds. The summed E-state index contributed by atoms with van der Waals surface area (Å²) in [6, 6.07) is 5.69. The first kappa shape index (κ1) is 14.2. The summed E-state index contributed by atoms with van der Waals surface area (Å²) in [7, 11) is 0. The van der Waals surface area contributed by atoms with E-state index in [1.54, 1.807) is 0 Å². The van der Waals surface area contributed by atoms with E-state index in [0.29, 0.717) is 11.7 Å². The van der Waals surface area contributed by atoms with Gasteiger partial charge in [0, 0.05) is 10.0 Å². The average molecular weight is 324 g/mol. The number of aromatic nitrogens is 2. The maximum absolute atomic E-state index is 6.11. The molecule has 19 heavy (non-hydrogen) atoms. The molecular formula is C14H18BrN3O. The van der Waals surface area contributed by atoms with Crippen LogP contribution in [0.2, 0.25) is 0 Å². The first-order chi connectivity index (χ1) is 8.79. The lowest BCUT2D eigenvalue weighted by Gasteiger charge is -2.23. The van der Waals surface area contributed by atoms with Crippen molar-refractivity contribution in [2.45, 2.75) is 33.7 Å². The molecule has 1 atom stereocenters. The number of nitrogens with zero attached hydrogens (tertiary/aromatic N) is 2. The van der Waals surface area contributed by atoms with Crippen molar-refractivity contribution in [1.29, 1.82) is 0 Å². The monoisotopic (exact) mass is 323 g/mol. The molecule has 0 bridgehead atoms. The Kier molecular flexibility index (Phi) is 3.78. The third-order valence-electron chi connectivity index (χ3n) is 3.07. The molecule has 0 saturated carbocycles. The normalized spacial score (nSPS) is 13.6. The predicted octanol–water partition coefficient (Wildman–Crippen LogP) is 3.85. The van der Waals surface area contributed by atoms with Gasteiger partial charge in [-0.3, -0.25) is 0 Å². The zero-order valence-corrected chi connectivity index (χ0v) is 13.2. The van der Waals surface area contributed by atoms with E-state index in [9.17, 15) is 0 Å². The van der Waals surface area contributed by atoms with Crippen LogP contribution in [0, 0.1) is 12.3 Å². The lowest BCUT2D eigenvalue weighted by atomic mass is 9.87. The molecule has 0 radical (unpaired) electrons. The van der Waals surface area contributed by atoms with Crippen LogP contribution in [-0.4, -0.2) is 10.1 Å². The second kappa shape index (κ2) is 5.06. The van der Waals surface area contributed by atoms with Gasteiger partial charge in [-0.15, -0.1) is 0 Å².